The SMILES string of the molecule is N#C[C@@H]1CC(F)(F)CN1C(=O)CNC(=O)c1csc(Cc2ccc(Br)cc2)n1. The van der Waals surface area contributed by atoms with Crippen molar-refractivity contribution < 1.29 is 18.4 Å². The van der Waals surface area contributed by atoms with Crippen molar-refractivity contribution in [2.45, 2.75) is 24.8 Å². The maximum absolute atomic E-state index is 13.4. The maximum Gasteiger partial charge on any atom is 0.271 e. The molecule has 0 saturated carbocycles. The summed E-state index contributed by atoms with van der Waals surface area (Å²) in [5.74, 6) is -4.37. The third kappa shape index (κ3) is 4.91. The third-order valence-corrected chi connectivity index (χ3v) is 5.57. The van der Waals surface area contributed by atoms with Crippen molar-refractivity contribution in [2.75, 3.05) is 13.1 Å². The molecule has 0 aliphatic carbocycles. The Bertz CT molecular complexity index is 926. The van der Waals surface area contributed by atoms with Crippen LogP contribution < -0.4 is 5.32 Å². The molecule has 1 fully saturated rings. The molecule has 1 N–H and O–H groups in total. The van der Waals surface area contributed by atoms with Crippen molar-refractivity contribution in [3.8, 4) is 6.07 Å². The molecule has 0 spiro atoms. The van der Waals surface area contributed by atoms with Gasteiger partial charge >= 0.3 is 0 Å². The molecular weight excluding hydrogens is 454 g/mol. The Morgan fingerprint density at radius 1 is 1.39 bits per heavy atom. The van der Waals surface area contributed by atoms with E-state index in [1.54, 1.807) is 11.4 Å². The normalized spacial score (nSPS) is 17.9. The second-order valence-corrected chi connectivity index (χ2v) is 8.20. The molecule has 1 atom stereocenters. The Hall–Kier alpha value is -2.38. The number of hydrogen-bond acceptors (Lipinski definition) is 5. The van der Waals surface area contributed by atoms with Gasteiger partial charge in [-0.25, -0.2) is 13.8 Å². The molecule has 1 aromatic carbocycles. The number of rotatable bonds is 5. The van der Waals surface area contributed by atoms with Crippen LogP contribution in [0.1, 0.15) is 27.5 Å². The van der Waals surface area contributed by atoms with Gasteiger partial charge in [0.1, 0.15) is 11.7 Å². The lowest BCUT2D eigenvalue weighted by Gasteiger charge is -2.19. The highest BCUT2D eigenvalue weighted by Crippen LogP contribution is 2.31. The number of likely N-dealkylation sites (tertiary alicyclic amines) is 1. The van der Waals surface area contributed by atoms with Gasteiger partial charge < -0.3 is 10.2 Å². The maximum atomic E-state index is 13.4. The molecule has 2 heterocycles. The van der Waals surface area contributed by atoms with Gasteiger partial charge in [0.05, 0.1) is 24.2 Å². The predicted octanol–water partition coefficient (Wildman–Crippen LogP) is 2.99. The van der Waals surface area contributed by atoms with Gasteiger partial charge in [-0.15, -0.1) is 11.3 Å². The number of alkyl halides is 2. The van der Waals surface area contributed by atoms with Crippen molar-refractivity contribution in [1.29, 1.82) is 5.26 Å². The summed E-state index contributed by atoms with van der Waals surface area (Å²) >= 11 is 4.68. The Balaban J connectivity index is 1.55. The lowest BCUT2D eigenvalue weighted by molar-refractivity contribution is -0.131. The number of benzene rings is 1. The standard InChI is InChI=1S/C18H15BrF2N4O2S/c19-12-3-1-11(2-4-12)5-15-24-14(9-28-15)17(27)23-8-16(26)25-10-18(20,21)6-13(25)7-22/h1-4,9,13H,5-6,8,10H2,(H,23,27)/t13-/m0/s1. The van der Waals surface area contributed by atoms with Crippen LogP contribution in [0.25, 0.3) is 0 Å². The number of hydrogen-bond donors (Lipinski definition) is 1. The Morgan fingerprint density at radius 2 is 2.11 bits per heavy atom. The molecule has 1 aromatic heterocycles. The molecular formula is C18H15BrF2N4O2S. The fourth-order valence-corrected chi connectivity index (χ4v) is 3.89. The fraction of sp³-hybridized carbons (Fsp3) is 0.333. The summed E-state index contributed by atoms with van der Waals surface area (Å²) in [6.45, 7) is -1.28. The predicted molar refractivity (Wildman–Crippen MR) is 102 cm³/mol. The Morgan fingerprint density at radius 3 is 2.79 bits per heavy atom. The zero-order chi connectivity index (χ0) is 20.3. The van der Waals surface area contributed by atoms with Crippen LogP contribution >= 0.6 is 27.3 Å². The zero-order valence-electron chi connectivity index (χ0n) is 14.5. The number of carbonyl (C=O) groups excluding carboxylic acids is 2. The van der Waals surface area contributed by atoms with E-state index in [9.17, 15) is 18.4 Å². The average Bonchev–Trinajstić information content (AvgIpc) is 3.25. The summed E-state index contributed by atoms with van der Waals surface area (Å²) in [7, 11) is 0. The minimum Gasteiger partial charge on any atom is -0.342 e. The van der Waals surface area contributed by atoms with E-state index in [1.165, 1.54) is 11.3 Å². The number of nitriles is 1. The zero-order valence-corrected chi connectivity index (χ0v) is 16.9. The molecule has 28 heavy (non-hydrogen) atoms. The number of nitrogens with one attached hydrogen (secondary N) is 1. The minimum absolute atomic E-state index is 0.161. The van der Waals surface area contributed by atoms with E-state index in [0.717, 1.165) is 19.9 Å². The van der Waals surface area contributed by atoms with E-state index >= 15 is 0 Å². The summed E-state index contributed by atoms with van der Waals surface area (Å²) in [6, 6.07) is 8.24. The Kier molecular flexibility index (Phi) is 6.05. The van der Waals surface area contributed by atoms with Gasteiger partial charge in [-0.05, 0) is 17.7 Å². The van der Waals surface area contributed by atoms with Gasteiger partial charge in [0.2, 0.25) is 5.91 Å². The number of nitrogens with zero attached hydrogens (tertiary/aromatic N) is 3. The van der Waals surface area contributed by atoms with Crippen LogP contribution in [-0.4, -0.2) is 46.8 Å². The highest BCUT2D eigenvalue weighted by molar-refractivity contribution is 9.10. The van der Waals surface area contributed by atoms with Crippen LogP contribution in [0.15, 0.2) is 34.1 Å². The smallest absolute Gasteiger partial charge is 0.271 e. The lowest BCUT2D eigenvalue weighted by atomic mass is 10.2. The van der Waals surface area contributed by atoms with Crippen LogP contribution in [0.2, 0.25) is 0 Å². The van der Waals surface area contributed by atoms with Gasteiger partial charge in [0, 0.05) is 22.7 Å². The molecule has 2 aromatic rings. The van der Waals surface area contributed by atoms with Crippen molar-refractivity contribution in [2.24, 2.45) is 0 Å². The van der Waals surface area contributed by atoms with Gasteiger partial charge in [0.25, 0.3) is 11.8 Å². The monoisotopic (exact) mass is 468 g/mol. The van der Waals surface area contributed by atoms with Gasteiger partial charge in [-0.2, -0.15) is 5.26 Å². The number of aromatic nitrogens is 1. The van der Waals surface area contributed by atoms with Crippen molar-refractivity contribution >= 4 is 39.1 Å². The quantitative estimate of drug-likeness (QED) is 0.730. The van der Waals surface area contributed by atoms with Crippen molar-refractivity contribution in [1.82, 2.24) is 15.2 Å². The van der Waals surface area contributed by atoms with Crippen molar-refractivity contribution in [3.63, 3.8) is 0 Å². The minimum atomic E-state index is -3.09. The topological polar surface area (TPSA) is 86.1 Å². The van der Waals surface area contributed by atoms with Crippen LogP contribution in [0.3, 0.4) is 0 Å². The van der Waals surface area contributed by atoms with Crippen LogP contribution in [-0.2, 0) is 11.2 Å². The molecule has 2 amide bonds. The lowest BCUT2D eigenvalue weighted by Crippen LogP contribution is -2.43. The first kappa shape index (κ1) is 20.4. The van der Waals surface area contributed by atoms with Gasteiger partial charge in [-0.3, -0.25) is 9.59 Å². The number of halogens is 3. The third-order valence-electron chi connectivity index (χ3n) is 4.19. The molecule has 0 radical (unpaired) electrons. The fourth-order valence-electron chi connectivity index (χ4n) is 2.82. The first-order chi connectivity index (χ1) is 13.3. The summed E-state index contributed by atoms with van der Waals surface area (Å²) in [5.41, 5.74) is 1.20. The first-order valence-corrected chi connectivity index (χ1v) is 9.98. The van der Waals surface area contributed by atoms with E-state index in [0.29, 0.717) is 6.42 Å². The molecule has 1 aliphatic heterocycles. The van der Waals surface area contributed by atoms with Crippen molar-refractivity contribution in [3.05, 3.63) is 50.4 Å². The van der Waals surface area contributed by atoms with Gasteiger partial charge in [0.15, 0.2) is 0 Å². The highest BCUT2D eigenvalue weighted by Gasteiger charge is 2.47. The molecule has 10 heteroatoms. The van der Waals surface area contributed by atoms with Crippen LogP contribution in [0.4, 0.5) is 8.78 Å². The number of thiazole rings is 1. The molecule has 146 valence electrons. The van der Waals surface area contributed by atoms with E-state index in [4.69, 9.17) is 5.26 Å². The summed E-state index contributed by atoms with van der Waals surface area (Å²) in [5, 5.41) is 13.6. The second kappa shape index (κ2) is 8.32. The largest absolute Gasteiger partial charge is 0.342 e. The highest BCUT2D eigenvalue weighted by atomic mass is 79.9. The van der Waals surface area contributed by atoms with E-state index < -0.39 is 43.3 Å². The van der Waals surface area contributed by atoms with E-state index in [-0.39, 0.29) is 5.69 Å². The van der Waals surface area contributed by atoms with Crippen LogP contribution in [0.5, 0.6) is 0 Å². The molecule has 0 unspecified atom stereocenters. The number of amides is 2. The first-order valence-electron chi connectivity index (χ1n) is 8.31. The molecule has 0 bridgehead atoms. The van der Waals surface area contributed by atoms with E-state index in [1.807, 2.05) is 24.3 Å². The van der Waals surface area contributed by atoms with Gasteiger partial charge in [-0.1, -0.05) is 28.1 Å². The summed E-state index contributed by atoms with van der Waals surface area (Å²) in [6.07, 6.45) is -0.119. The van der Waals surface area contributed by atoms with E-state index in [2.05, 4.69) is 26.2 Å². The number of carbonyl (C=O) groups is 2. The Labute approximate surface area is 172 Å². The molecule has 6 nitrogen and oxygen atoms in total. The second-order valence-electron chi connectivity index (χ2n) is 6.34. The average molecular weight is 469 g/mol. The molecule has 3 rings (SSSR count). The molecule has 1 saturated heterocycles. The van der Waals surface area contributed by atoms with Crippen LogP contribution in [0, 0.1) is 11.3 Å². The summed E-state index contributed by atoms with van der Waals surface area (Å²) in [4.78, 5) is 29.4. The summed E-state index contributed by atoms with van der Waals surface area (Å²) < 4.78 is 27.8. The molecule has 1 aliphatic rings.